The van der Waals surface area contributed by atoms with Gasteiger partial charge >= 0.3 is 6.18 Å². The number of nitrogens with one attached hydrogen (secondary N) is 1. The lowest BCUT2D eigenvalue weighted by molar-refractivity contribution is -0.137. The maximum atomic E-state index is 13.5. The first-order valence-electron chi connectivity index (χ1n) is 11.6. The topological polar surface area (TPSA) is 92.5 Å². The van der Waals surface area contributed by atoms with Gasteiger partial charge in [0.05, 0.1) is 5.56 Å². The number of carbonyl (C=O) groups is 1. The van der Waals surface area contributed by atoms with Crippen molar-refractivity contribution in [3.63, 3.8) is 0 Å². The summed E-state index contributed by atoms with van der Waals surface area (Å²) in [6, 6.07) is 10.3. The summed E-state index contributed by atoms with van der Waals surface area (Å²) in [6.45, 7) is 0.158. The second-order valence-electron chi connectivity index (χ2n) is 8.90. The average molecular weight is 548 g/mol. The Hall–Kier alpha value is -3.77. The number of alkyl halides is 3. The van der Waals surface area contributed by atoms with Gasteiger partial charge in [-0.1, -0.05) is 12.1 Å². The number of furan rings is 1. The van der Waals surface area contributed by atoms with Crippen LogP contribution in [0.5, 0.6) is 0 Å². The third-order valence-corrected chi connectivity index (χ3v) is 8.10. The Morgan fingerprint density at radius 2 is 1.82 bits per heavy atom. The number of hydrogen-bond acceptors (Lipinski definition) is 5. The number of nitrogens with zero attached hydrogens (tertiary/aromatic N) is 2. The first kappa shape index (κ1) is 25.9. The van der Waals surface area contributed by atoms with E-state index >= 15 is 0 Å². The molecule has 5 rings (SSSR count). The van der Waals surface area contributed by atoms with Gasteiger partial charge in [0.15, 0.2) is 0 Å². The van der Waals surface area contributed by atoms with Crippen LogP contribution in [-0.2, 0) is 27.5 Å². The van der Waals surface area contributed by atoms with Gasteiger partial charge in [0.1, 0.15) is 17.4 Å². The molecule has 0 saturated carbocycles. The third-order valence-electron chi connectivity index (χ3n) is 6.33. The molecule has 4 aromatic rings. The van der Waals surface area contributed by atoms with Crippen molar-refractivity contribution >= 4 is 26.9 Å². The average Bonchev–Trinajstić information content (AvgIpc) is 3.55. The van der Waals surface area contributed by atoms with Crippen molar-refractivity contribution in [2.45, 2.75) is 36.7 Å². The molecule has 0 bridgehead atoms. The molecule has 1 atom stereocenters. The number of hydrogen-bond donors (Lipinski definition) is 1. The molecule has 1 fully saturated rings. The molecule has 198 valence electrons. The Balaban J connectivity index is 1.28. The fourth-order valence-corrected chi connectivity index (χ4v) is 6.03. The number of benzene rings is 2. The molecule has 12 heteroatoms. The molecule has 3 heterocycles. The lowest BCUT2D eigenvalue weighted by atomic mass is 10.0. The van der Waals surface area contributed by atoms with E-state index in [2.05, 4.69) is 10.3 Å². The van der Waals surface area contributed by atoms with Crippen molar-refractivity contribution in [1.82, 2.24) is 14.6 Å². The molecule has 0 spiro atoms. The Morgan fingerprint density at radius 1 is 1.05 bits per heavy atom. The van der Waals surface area contributed by atoms with Crippen LogP contribution in [0.2, 0.25) is 0 Å². The Bertz CT molecular complexity index is 1600. The highest BCUT2D eigenvalue weighted by atomic mass is 32.2. The molecular formula is C26H21F4N3O4S. The molecule has 2 aromatic heterocycles. The van der Waals surface area contributed by atoms with Crippen molar-refractivity contribution < 1.29 is 35.2 Å². The molecule has 1 saturated heterocycles. The van der Waals surface area contributed by atoms with Gasteiger partial charge in [-0.25, -0.2) is 12.8 Å². The maximum absolute atomic E-state index is 13.5. The number of fused-ring (bicyclic) bond motifs is 1. The SMILES string of the molecule is O=C(NCc1cncc(-c2ccc(C(F)(F)F)cc2)c1)[C@@H]1CCCN1S(=O)(=O)c1cc2cc(F)ccc2o1. The summed E-state index contributed by atoms with van der Waals surface area (Å²) in [5.41, 5.74) is 1.13. The largest absolute Gasteiger partial charge is 0.443 e. The fraction of sp³-hybridized carbons (Fsp3) is 0.231. The number of amides is 1. The van der Waals surface area contributed by atoms with Gasteiger partial charge in [-0.15, -0.1) is 0 Å². The van der Waals surface area contributed by atoms with Gasteiger partial charge in [0.25, 0.3) is 10.0 Å². The number of halogens is 4. The van der Waals surface area contributed by atoms with Gasteiger partial charge in [0.2, 0.25) is 11.0 Å². The molecule has 0 unspecified atom stereocenters. The Labute approximate surface area is 215 Å². The zero-order valence-electron chi connectivity index (χ0n) is 19.7. The molecule has 7 nitrogen and oxygen atoms in total. The summed E-state index contributed by atoms with van der Waals surface area (Å²) >= 11 is 0. The fourth-order valence-electron chi connectivity index (χ4n) is 4.42. The normalized spacial score (nSPS) is 16.7. The molecule has 1 amide bonds. The first-order chi connectivity index (χ1) is 18.0. The number of sulfonamides is 1. The van der Waals surface area contributed by atoms with Gasteiger partial charge in [-0.05, 0) is 60.4 Å². The van der Waals surface area contributed by atoms with Crippen molar-refractivity contribution in [2.24, 2.45) is 0 Å². The first-order valence-corrected chi connectivity index (χ1v) is 13.1. The van der Waals surface area contributed by atoms with E-state index in [-0.39, 0.29) is 23.8 Å². The summed E-state index contributed by atoms with van der Waals surface area (Å²) in [6.07, 6.45) is -0.656. The van der Waals surface area contributed by atoms with Gasteiger partial charge in [-0.2, -0.15) is 17.5 Å². The molecule has 0 aliphatic carbocycles. The minimum absolute atomic E-state index is 0.0363. The molecule has 0 radical (unpaired) electrons. The Morgan fingerprint density at radius 3 is 2.55 bits per heavy atom. The number of carbonyl (C=O) groups excluding carboxylic acids is 1. The summed E-state index contributed by atoms with van der Waals surface area (Å²) in [5, 5.41) is 2.65. The summed E-state index contributed by atoms with van der Waals surface area (Å²) in [5.74, 6) is -1.04. The lowest BCUT2D eigenvalue weighted by Gasteiger charge is -2.22. The van der Waals surface area contributed by atoms with E-state index in [1.54, 1.807) is 6.07 Å². The van der Waals surface area contributed by atoms with Gasteiger partial charge in [-0.3, -0.25) is 9.78 Å². The van der Waals surface area contributed by atoms with Crippen LogP contribution in [0.15, 0.2) is 76.5 Å². The van der Waals surface area contributed by atoms with Crippen LogP contribution < -0.4 is 5.32 Å². The standard InChI is InChI=1S/C26H21F4N3O4S/c27-21-7-8-23-18(11-21)12-24(37-23)38(35,36)33-9-1-2-22(33)25(34)32-14-16-10-19(15-31-13-16)17-3-5-20(6-4-17)26(28,29)30/h3-8,10-13,15,22H,1-2,9,14H2,(H,32,34)/t22-/m0/s1. The maximum Gasteiger partial charge on any atom is 0.416 e. The number of pyridine rings is 1. The van der Waals surface area contributed by atoms with E-state index in [0.29, 0.717) is 34.9 Å². The van der Waals surface area contributed by atoms with E-state index in [1.165, 1.54) is 42.7 Å². The minimum atomic E-state index is -4.44. The third kappa shape index (κ3) is 5.14. The number of aromatic nitrogens is 1. The van der Waals surface area contributed by atoms with E-state index in [4.69, 9.17) is 4.42 Å². The summed E-state index contributed by atoms with van der Waals surface area (Å²) < 4.78 is 85.0. The predicted octanol–water partition coefficient (Wildman–Crippen LogP) is 5.12. The summed E-state index contributed by atoms with van der Waals surface area (Å²) in [4.78, 5) is 17.1. The van der Waals surface area contributed by atoms with Crippen molar-refractivity contribution in [3.8, 4) is 11.1 Å². The molecule has 38 heavy (non-hydrogen) atoms. The van der Waals surface area contributed by atoms with Crippen LogP contribution in [0, 0.1) is 5.82 Å². The molecule has 1 aliphatic heterocycles. The minimum Gasteiger partial charge on any atom is -0.443 e. The van der Waals surface area contributed by atoms with E-state index < -0.39 is 39.5 Å². The van der Waals surface area contributed by atoms with Crippen LogP contribution >= 0.6 is 0 Å². The second kappa shape index (κ2) is 9.84. The van der Waals surface area contributed by atoms with Crippen molar-refractivity contribution in [1.29, 1.82) is 0 Å². The number of rotatable bonds is 6. The van der Waals surface area contributed by atoms with Gasteiger partial charge in [0, 0.05) is 42.5 Å². The highest BCUT2D eigenvalue weighted by Crippen LogP contribution is 2.32. The van der Waals surface area contributed by atoms with Crippen molar-refractivity contribution in [3.05, 3.63) is 83.9 Å². The van der Waals surface area contributed by atoms with E-state index in [1.807, 2.05) is 0 Å². The molecular weight excluding hydrogens is 526 g/mol. The quantitative estimate of drug-likeness (QED) is 0.338. The van der Waals surface area contributed by atoms with E-state index in [0.717, 1.165) is 22.5 Å². The molecule has 2 aromatic carbocycles. The van der Waals surface area contributed by atoms with E-state index in [9.17, 15) is 30.8 Å². The van der Waals surface area contributed by atoms with Gasteiger partial charge < -0.3 is 9.73 Å². The lowest BCUT2D eigenvalue weighted by Crippen LogP contribution is -2.45. The van der Waals surface area contributed by atoms with Crippen LogP contribution in [0.4, 0.5) is 17.6 Å². The highest BCUT2D eigenvalue weighted by Gasteiger charge is 2.41. The van der Waals surface area contributed by atoms with Crippen molar-refractivity contribution in [2.75, 3.05) is 6.54 Å². The predicted molar refractivity (Wildman–Crippen MR) is 130 cm³/mol. The van der Waals surface area contributed by atoms with Crippen LogP contribution in [-0.4, -0.2) is 36.2 Å². The molecule has 1 N–H and O–H groups in total. The summed E-state index contributed by atoms with van der Waals surface area (Å²) in [7, 11) is -4.16. The monoisotopic (exact) mass is 547 g/mol. The van der Waals surface area contributed by atoms with Crippen LogP contribution in [0.3, 0.4) is 0 Å². The highest BCUT2D eigenvalue weighted by molar-refractivity contribution is 7.89. The smallest absolute Gasteiger partial charge is 0.416 e. The van der Waals surface area contributed by atoms with Crippen LogP contribution in [0.25, 0.3) is 22.1 Å². The second-order valence-corrected chi connectivity index (χ2v) is 10.7. The molecule has 1 aliphatic rings. The Kier molecular flexibility index (Phi) is 6.70. The van der Waals surface area contributed by atoms with Crippen LogP contribution in [0.1, 0.15) is 24.0 Å². The zero-order valence-corrected chi connectivity index (χ0v) is 20.5. The zero-order chi connectivity index (χ0) is 27.1.